The molecule has 5 nitrogen and oxygen atoms in total. The summed E-state index contributed by atoms with van der Waals surface area (Å²) in [6.45, 7) is 1.05. The SMILES string of the molecule is C[NH+](C)CCN1C(=O)C(=O)/C(=C(/O)c2ccccc2)[C@H]1c1ccccc1Cl. The Balaban J connectivity index is 2.17. The molecule has 0 aliphatic carbocycles. The lowest BCUT2D eigenvalue weighted by atomic mass is 9.95. The quantitative estimate of drug-likeness (QED) is 0.469. The Morgan fingerprint density at radius 2 is 1.70 bits per heavy atom. The average Bonchev–Trinajstić information content (AvgIpc) is 2.91. The van der Waals surface area contributed by atoms with Gasteiger partial charge in [0.25, 0.3) is 11.7 Å². The second-order valence-corrected chi connectivity index (χ2v) is 7.24. The highest BCUT2D eigenvalue weighted by Crippen LogP contribution is 2.41. The topological polar surface area (TPSA) is 62.0 Å². The average molecular weight is 386 g/mol. The lowest BCUT2D eigenvalue weighted by molar-refractivity contribution is -0.857. The van der Waals surface area contributed by atoms with Crippen LogP contribution in [0.2, 0.25) is 5.02 Å². The van der Waals surface area contributed by atoms with Gasteiger partial charge in [-0.1, -0.05) is 60.1 Å². The molecule has 0 unspecified atom stereocenters. The van der Waals surface area contributed by atoms with Crippen LogP contribution in [-0.2, 0) is 9.59 Å². The van der Waals surface area contributed by atoms with Crippen molar-refractivity contribution in [2.45, 2.75) is 6.04 Å². The molecule has 1 aliphatic rings. The highest BCUT2D eigenvalue weighted by atomic mass is 35.5. The first-order valence-corrected chi connectivity index (χ1v) is 9.17. The van der Waals surface area contributed by atoms with Gasteiger partial charge in [0.05, 0.1) is 38.8 Å². The first kappa shape index (κ1) is 19.1. The molecule has 1 atom stereocenters. The number of ketones is 1. The van der Waals surface area contributed by atoms with E-state index in [1.165, 1.54) is 4.90 Å². The number of aliphatic hydroxyl groups excluding tert-OH is 1. The zero-order valence-electron chi connectivity index (χ0n) is 15.3. The number of likely N-dealkylation sites (tertiary alicyclic amines) is 1. The summed E-state index contributed by atoms with van der Waals surface area (Å²) < 4.78 is 0. The van der Waals surface area contributed by atoms with E-state index in [0.717, 1.165) is 4.90 Å². The molecule has 1 amide bonds. The van der Waals surface area contributed by atoms with Gasteiger partial charge in [0, 0.05) is 10.6 Å². The maximum Gasteiger partial charge on any atom is 0.295 e. The summed E-state index contributed by atoms with van der Waals surface area (Å²) in [4.78, 5) is 28.2. The van der Waals surface area contributed by atoms with E-state index in [-0.39, 0.29) is 11.3 Å². The molecule has 0 spiro atoms. The number of hydrogen-bond acceptors (Lipinski definition) is 3. The van der Waals surface area contributed by atoms with Crippen LogP contribution in [0.15, 0.2) is 60.2 Å². The molecule has 0 bridgehead atoms. The predicted octanol–water partition coefficient (Wildman–Crippen LogP) is 1.91. The van der Waals surface area contributed by atoms with E-state index in [1.54, 1.807) is 48.5 Å². The Labute approximate surface area is 163 Å². The van der Waals surface area contributed by atoms with Crippen molar-refractivity contribution < 1.29 is 19.6 Å². The van der Waals surface area contributed by atoms with Gasteiger partial charge < -0.3 is 14.9 Å². The zero-order chi connectivity index (χ0) is 19.6. The van der Waals surface area contributed by atoms with Crippen LogP contribution in [0.3, 0.4) is 0 Å². The van der Waals surface area contributed by atoms with Gasteiger partial charge >= 0.3 is 0 Å². The summed E-state index contributed by atoms with van der Waals surface area (Å²) >= 11 is 6.39. The Bertz CT molecular complexity index is 893. The van der Waals surface area contributed by atoms with Gasteiger partial charge in [0.15, 0.2) is 0 Å². The Kier molecular flexibility index (Phi) is 5.63. The van der Waals surface area contributed by atoms with Crippen LogP contribution in [0.4, 0.5) is 0 Å². The molecule has 1 saturated heterocycles. The van der Waals surface area contributed by atoms with Gasteiger partial charge in [-0.3, -0.25) is 9.59 Å². The fourth-order valence-electron chi connectivity index (χ4n) is 3.23. The number of aliphatic hydroxyl groups is 1. The van der Waals surface area contributed by atoms with Gasteiger partial charge in [-0.15, -0.1) is 0 Å². The van der Waals surface area contributed by atoms with Crippen molar-refractivity contribution in [2.24, 2.45) is 0 Å². The van der Waals surface area contributed by atoms with Crippen molar-refractivity contribution in [3.05, 3.63) is 76.3 Å². The first-order valence-electron chi connectivity index (χ1n) is 8.79. The zero-order valence-corrected chi connectivity index (χ0v) is 16.0. The molecule has 27 heavy (non-hydrogen) atoms. The number of nitrogens with zero attached hydrogens (tertiary/aromatic N) is 1. The van der Waals surface area contributed by atoms with E-state index in [2.05, 4.69) is 0 Å². The second kappa shape index (κ2) is 7.94. The van der Waals surface area contributed by atoms with Gasteiger partial charge in [-0.25, -0.2) is 0 Å². The largest absolute Gasteiger partial charge is 0.507 e. The molecule has 2 aromatic rings. The maximum absolute atomic E-state index is 12.8. The molecule has 0 saturated carbocycles. The predicted molar refractivity (Wildman–Crippen MR) is 105 cm³/mol. The summed E-state index contributed by atoms with van der Waals surface area (Å²) in [5, 5.41) is 11.3. The van der Waals surface area contributed by atoms with Crippen molar-refractivity contribution in [2.75, 3.05) is 27.2 Å². The summed E-state index contributed by atoms with van der Waals surface area (Å²) in [5.74, 6) is -1.48. The van der Waals surface area contributed by atoms with Gasteiger partial charge in [-0.05, 0) is 11.6 Å². The lowest BCUT2D eigenvalue weighted by Gasteiger charge is -2.26. The van der Waals surface area contributed by atoms with E-state index < -0.39 is 17.7 Å². The highest BCUT2D eigenvalue weighted by molar-refractivity contribution is 6.47. The number of nitrogens with one attached hydrogen (secondary N) is 1. The van der Waals surface area contributed by atoms with Crippen LogP contribution in [0.5, 0.6) is 0 Å². The van der Waals surface area contributed by atoms with Crippen LogP contribution in [0, 0.1) is 0 Å². The van der Waals surface area contributed by atoms with Crippen molar-refractivity contribution in [1.29, 1.82) is 0 Å². The van der Waals surface area contributed by atoms with E-state index in [0.29, 0.717) is 29.2 Å². The molecule has 2 N–H and O–H groups in total. The third kappa shape index (κ3) is 3.75. The molecule has 6 heteroatoms. The molecule has 0 radical (unpaired) electrons. The van der Waals surface area contributed by atoms with Crippen LogP contribution < -0.4 is 4.90 Å². The van der Waals surface area contributed by atoms with Crippen molar-refractivity contribution >= 4 is 29.1 Å². The maximum atomic E-state index is 12.8. The molecule has 3 rings (SSSR count). The minimum absolute atomic E-state index is 0.0769. The Morgan fingerprint density at radius 1 is 1.07 bits per heavy atom. The Morgan fingerprint density at radius 3 is 2.33 bits per heavy atom. The number of amides is 1. The normalized spacial score (nSPS) is 19.1. The molecular weight excluding hydrogens is 364 g/mol. The van der Waals surface area contributed by atoms with Crippen LogP contribution >= 0.6 is 11.6 Å². The molecule has 0 aromatic heterocycles. The van der Waals surface area contributed by atoms with Crippen LogP contribution in [0.1, 0.15) is 17.2 Å². The van der Waals surface area contributed by atoms with Gasteiger partial charge in [0.2, 0.25) is 0 Å². The summed E-state index contributed by atoms with van der Waals surface area (Å²) in [6, 6.07) is 15.2. The molecule has 1 fully saturated rings. The molecule has 2 aromatic carbocycles. The number of quaternary nitrogens is 1. The Hall–Kier alpha value is -2.63. The summed E-state index contributed by atoms with van der Waals surface area (Å²) in [5.41, 5.74) is 1.20. The lowest BCUT2D eigenvalue weighted by Crippen LogP contribution is -3.06. The van der Waals surface area contributed by atoms with E-state index in [4.69, 9.17) is 11.6 Å². The van der Waals surface area contributed by atoms with Gasteiger partial charge in [0.1, 0.15) is 5.76 Å². The smallest absolute Gasteiger partial charge is 0.295 e. The van der Waals surface area contributed by atoms with E-state index in [9.17, 15) is 14.7 Å². The number of likely N-dealkylation sites (N-methyl/N-ethyl adjacent to an activating group) is 1. The number of rotatable bonds is 5. The summed E-state index contributed by atoms with van der Waals surface area (Å²) in [7, 11) is 3.95. The number of halogens is 1. The van der Waals surface area contributed by atoms with E-state index >= 15 is 0 Å². The highest BCUT2D eigenvalue weighted by Gasteiger charge is 2.46. The minimum Gasteiger partial charge on any atom is -0.507 e. The van der Waals surface area contributed by atoms with E-state index in [1.807, 2.05) is 20.2 Å². The number of benzene rings is 2. The summed E-state index contributed by atoms with van der Waals surface area (Å²) in [6.07, 6.45) is 0. The number of hydrogen-bond donors (Lipinski definition) is 2. The third-order valence-corrected chi connectivity index (χ3v) is 4.98. The fourth-order valence-corrected chi connectivity index (χ4v) is 3.47. The fraction of sp³-hybridized carbons (Fsp3) is 0.238. The first-order chi connectivity index (χ1) is 12.9. The molecule has 1 aliphatic heterocycles. The van der Waals surface area contributed by atoms with Gasteiger partial charge in [-0.2, -0.15) is 0 Å². The minimum atomic E-state index is -0.710. The second-order valence-electron chi connectivity index (χ2n) is 6.84. The van der Waals surface area contributed by atoms with Crippen LogP contribution in [-0.4, -0.2) is 48.9 Å². The molecular formula is C21H22ClN2O3+. The molecule has 140 valence electrons. The van der Waals surface area contributed by atoms with Crippen molar-refractivity contribution in [3.8, 4) is 0 Å². The number of carbonyl (C=O) groups excluding carboxylic acids is 2. The number of Topliss-reactive ketones (excluding diaryl/α,β-unsaturated/α-hetero) is 1. The standard InChI is InChI=1S/C21H21ClN2O3/c1-23(2)12-13-24-18(15-10-6-7-11-16(15)22)17(20(26)21(24)27)19(25)14-8-4-3-5-9-14/h3-11,18,25H,12-13H2,1-2H3/p+1/b19-17+/t18-/m1/s1. The van der Waals surface area contributed by atoms with Crippen molar-refractivity contribution in [3.63, 3.8) is 0 Å². The van der Waals surface area contributed by atoms with Crippen molar-refractivity contribution in [1.82, 2.24) is 4.90 Å². The molecule has 1 heterocycles. The van der Waals surface area contributed by atoms with Crippen LogP contribution in [0.25, 0.3) is 5.76 Å². The number of carbonyl (C=O) groups is 2. The monoisotopic (exact) mass is 385 g/mol. The third-order valence-electron chi connectivity index (χ3n) is 4.64.